The number of hydrogen-bond acceptors (Lipinski definition) is 6. The summed E-state index contributed by atoms with van der Waals surface area (Å²) in [6.45, 7) is 0. The molecule has 0 atom stereocenters. The van der Waals surface area contributed by atoms with Crippen LogP contribution in [0.1, 0.15) is 0 Å². The van der Waals surface area contributed by atoms with E-state index in [1.807, 2.05) is 4.72 Å². The van der Waals surface area contributed by atoms with Crippen molar-refractivity contribution in [2.24, 2.45) is 7.05 Å². The first-order valence-electron chi connectivity index (χ1n) is 9.98. The number of aromatic nitrogens is 5. The zero-order valence-electron chi connectivity index (χ0n) is 17.9. The molecule has 3 heterocycles. The number of anilines is 1. The molecule has 0 aliphatic rings. The molecule has 0 saturated heterocycles. The molecule has 13 heteroatoms. The van der Waals surface area contributed by atoms with Gasteiger partial charge in [-0.05, 0) is 30.3 Å². The number of pyridine rings is 1. The van der Waals surface area contributed by atoms with Crippen LogP contribution >= 0.6 is 11.6 Å². The fourth-order valence-electron chi connectivity index (χ4n) is 3.43. The molecule has 0 saturated carbocycles. The summed E-state index contributed by atoms with van der Waals surface area (Å²) in [7, 11) is -2.98. The number of sulfonamides is 1. The van der Waals surface area contributed by atoms with Gasteiger partial charge in [-0.25, -0.2) is 26.9 Å². The van der Waals surface area contributed by atoms with Gasteiger partial charge in [-0.15, -0.1) is 5.10 Å². The average Bonchev–Trinajstić information content (AvgIpc) is 3.45. The number of ether oxygens (including phenoxy) is 1. The predicted octanol–water partition coefficient (Wildman–Crippen LogP) is 4.65. The molecule has 0 spiro atoms. The maximum Gasteiger partial charge on any atom is 0.267 e. The SMILES string of the molecule is Cn1cnc(NS(=O)(=O)c2cc(F)c(Oc3ccc(Cl)cc3-c3cccc4nccn34)cc2F)n1. The summed E-state index contributed by atoms with van der Waals surface area (Å²) >= 11 is 6.19. The van der Waals surface area contributed by atoms with E-state index in [0.717, 1.165) is 0 Å². The van der Waals surface area contributed by atoms with Gasteiger partial charge in [0, 0.05) is 42.2 Å². The lowest BCUT2D eigenvalue weighted by molar-refractivity contribution is 0.433. The molecule has 178 valence electrons. The van der Waals surface area contributed by atoms with Crippen LogP contribution in [-0.4, -0.2) is 32.6 Å². The van der Waals surface area contributed by atoms with Crippen LogP contribution in [0, 0.1) is 11.6 Å². The molecule has 35 heavy (non-hydrogen) atoms. The molecule has 2 aromatic carbocycles. The van der Waals surface area contributed by atoms with Crippen molar-refractivity contribution >= 4 is 33.2 Å². The third-order valence-electron chi connectivity index (χ3n) is 4.97. The molecule has 0 radical (unpaired) electrons. The minimum Gasteiger partial charge on any atom is -0.453 e. The Hall–Kier alpha value is -4.03. The highest BCUT2D eigenvalue weighted by Crippen LogP contribution is 2.37. The van der Waals surface area contributed by atoms with Gasteiger partial charge in [0.05, 0.1) is 5.69 Å². The van der Waals surface area contributed by atoms with Gasteiger partial charge in [0.1, 0.15) is 28.4 Å². The van der Waals surface area contributed by atoms with Crippen LogP contribution in [0.5, 0.6) is 11.5 Å². The van der Waals surface area contributed by atoms with Gasteiger partial charge in [0.2, 0.25) is 0 Å². The van der Waals surface area contributed by atoms with E-state index >= 15 is 0 Å². The second-order valence-corrected chi connectivity index (χ2v) is 9.46. The molecule has 3 aromatic heterocycles. The van der Waals surface area contributed by atoms with E-state index in [4.69, 9.17) is 16.3 Å². The number of imidazole rings is 1. The minimum absolute atomic E-state index is 0.167. The van der Waals surface area contributed by atoms with Crippen LogP contribution in [0.4, 0.5) is 14.7 Å². The average molecular weight is 517 g/mol. The van der Waals surface area contributed by atoms with Crippen molar-refractivity contribution in [3.8, 4) is 22.8 Å². The lowest BCUT2D eigenvalue weighted by Crippen LogP contribution is -2.16. The van der Waals surface area contributed by atoms with Crippen LogP contribution < -0.4 is 9.46 Å². The Morgan fingerprint density at radius 1 is 1.03 bits per heavy atom. The highest BCUT2D eigenvalue weighted by molar-refractivity contribution is 7.92. The Balaban J connectivity index is 1.52. The van der Waals surface area contributed by atoms with E-state index in [0.29, 0.717) is 34.1 Å². The normalized spacial score (nSPS) is 11.7. The van der Waals surface area contributed by atoms with Crippen LogP contribution in [0.25, 0.3) is 16.9 Å². The first kappa shape index (κ1) is 22.7. The number of hydrogen-bond donors (Lipinski definition) is 1. The number of rotatable bonds is 6. The summed E-state index contributed by atoms with van der Waals surface area (Å²) in [6.07, 6.45) is 4.60. The zero-order valence-corrected chi connectivity index (χ0v) is 19.4. The molecule has 5 aromatic rings. The topological polar surface area (TPSA) is 103 Å². The van der Waals surface area contributed by atoms with Gasteiger partial charge in [-0.1, -0.05) is 17.7 Å². The molecule has 0 unspecified atom stereocenters. The van der Waals surface area contributed by atoms with Crippen molar-refractivity contribution in [1.82, 2.24) is 24.1 Å². The van der Waals surface area contributed by atoms with Crippen LogP contribution in [0.3, 0.4) is 0 Å². The first-order chi connectivity index (χ1) is 16.7. The number of fused-ring (bicyclic) bond motifs is 1. The fraction of sp³-hybridized carbons (Fsp3) is 0.0455. The fourth-order valence-corrected chi connectivity index (χ4v) is 4.62. The molecule has 0 aliphatic heterocycles. The van der Waals surface area contributed by atoms with Crippen LogP contribution in [0.15, 0.2) is 72.1 Å². The first-order valence-corrected chi connectivity index (χ1v) is 11.8. The number of benzene rings is 2. The summed E-state index contributed by atoms with van der Waals surface area (Å²) < 4.78 is 65.6. The molecule has 0 aliphatic carbocycles. The summed E-state index contributed by atoms with van der Waals surface area (Å²) in [5, 5.41) is 4.16. The van der Waals surface area contributed by atoms with Gasteiger partial charge in [-0.3, -0.25) is 9.08 Å². The van der Waals surface area contributed by atoms with Gasteiger partial charge >= 0.3 is 0 Å². The van der Waals surface area contributed by atoms with Gasteiger partial charge < -0.3 is 4.74 Å². The molecular formula is C22H15ClF2N6O3S. The summed E-state index contributed by atoms with van der Waals surface area (Å²) in [6, 6.07) is 11.2. The number of aryl methyl sites for hydroxylation is 1. The van der Waals surface area contributed by atoms with Gasteiger partial charge in [0.15, 0.2) is 11.6 Å². The standard InChI is InChI=1S/C22H15ClF2N6O3S/c1-30-12-27-22(28-30)29-35(32,33)20-11-15(24)19(10-16(20)25)34-18-6-5-13(23)9-14(18)17-3-2-4-21-26-7-8-31(17)21/h2-12H,1H3,(H,28,29). The van der Waals surface area contributed by atoms with E-state index in [1.54, 1.807) is 41.1 Å². The largest absolute Gasteiger partial charge is 0.453 e. The Kier molecular flexibility index (Phi) is 5.61. The Morgan fingerprint density at radius 3 is 2.63 bits per heavy atom. The van der Waals surface area contributed by atoms with E-state index < -0.39 is 32.3 Å². The maximum atomic E-state index is 14.9. The van der Waals surface area contributed by atoms with Crippen molar-refractivity contribution in [1.29, 1.82) is 0 Å². The van der Waals surface area contributed by atoms with E-state index in [1.165, 1.54) is 30.2 Å². The van der Waals surface area contributed by atoms with Crippen LogP contribution in [0.2, 0.25) is 5.02 Å². The van der Waals surface area contributed by atoms with E-state index in [-0.39, 0.29) is 11.7 Å². The van der Waals surface area contributed by atoms with Gasteiger partial charge in [0.25, 0.3) is 16.0 Å². The zero-order chi connectivity index (χ0) is 24.7. The lowest BCUT2D eigenvalue weighted by Gasteiger charge is -2.15. The Labute approximate surface area is 202 Å². The van der Waals surface area contributed by atoms with Crippen molar-refractivity contribution in [3.63, 3.8) is 0 Å². The monoisotopic (exact) mass is 516 g/mol. The summed E-state index contributed by atoms with van der Waals surface area (Å²) in [5.74, 6) is -2.95. The Morgan fingerprint density at radius 2 is 1.86 bits per heavy atom. The van der Waals surface area contributed by atoms with E-state index in [2.05, 4.69) is 15.1 Å². The smallest absolute Gasteiger partial charge is 0.267 e. The number of halogens is 3. The van der Waals surface area contributed by atoms with Crippen LogP contribution in [-0.2, 0) is 17.1 Å². The molecule has 9 nitrogen and oxygen atoms in total. The predicted molar refractivity (Wildman–Crippen MR) is 124 cm³/mol. The molecule has 0 amide bonds. The lowest BCUT2D eigenvalue weighted by atomic mass is 10.1. The van der Waals surface area contributed by atoms with Gasteiger partial charge in [-0.2, -0.15) is 4.98 Å². The van der Waals surface area contributed by atoms with Crippen molar-refractivity contribution in [2.45, 2.75) is 4.90 Å². The van der Waals surface area contributed by atoms with Crippen molar-refractivity contribution < 1.29 is 21.9 Å². The number of nitrogens with one attached hydrogen (secondary N) is 1. The third kappa shape index (κ3) is 4.40. The minimum atomic E-state index is -4.50. The van der Waals surface area contributed by atoms with E-state index in [9.17, 15) is 17.2 Å². The highest BCUT2D eigenvalue weighted by Gasteiger charge is 2.25. The molecule has 1 N–H and O–H groups in total. The summed E-state index contributed by atoms with van der Waals surface area (Å²) in [4.78, 5) is 7.03. The second-order valence-electron chi connectivity index (χ2n) is 7.37. The number of nitrogens with zero attached hydrogens (tertiary/aromatic N) is 5. The highest BCUT2D eigenvalue weighted by atomic mass is 35.5. The molecule has 0 fully saturated rings. The maximum absolute atomic E-state index is 14.9. The van der Waals surface area contributed by atoms with Crippen molar-refractivity contribution in [2.75, 3.05) is 4.72 Å². The van der Waals surface area contributed by atoms with Crippen molar-refractivity contribution in [3.05, 3.63) is 83.9 Å². The third-order valence-corrected chi connectivity index (χ3v) is 6.55. The molecule has 0 bridgehead atoms. The molecule has 5 rings (SSSR count). The Bertz CT molecular complexity index is 1690. The second kappa shape index (κ2) is 8.64. The quantitative estimate of drug-likeness (QED) is 0.352. The molecular weight excluding hydrogens is 502 g/mol. The summed E-state index contributed by atoms with van der Waals surface area (Å²) in [5.41, 5.74) is 1.79.